The molecule has 1 saturated heterocycles. The molecule has 0 bridgehead atoms. The van der Waals surface area contributed by atoms with Gasteiger partial charge in [0.25, 0.3) is 0 Å². The van der Waals surface area contributed by atoms with Gasteiger partial charge in [-0.3, -0.25) is 24.2 Å². The van der Waals surface area contributed by atoms with Gasteiger partial charge < -0.3 is 14.2 Å². The summed E-state index contributed by atoms with van der Waals surface area (Å²) in [6, 6.07) is 5.17. The lowest BCUT2D eigenvalue weighted by Gasteiger charge is -2.45. The van der Waals surface area contributed by atoms with Gasteiger partial charge in [0.2, 0.25) is 17.7 Å². The van der Waals surface area contributed by atoms with E-state index in [0.29, 0.717) is 44.5 Å². The summed E-state index contributed by atoms with van der Waals surface area (Å²) in [5.74, 6) is -2.63. The van der Waals surface area contributed by atoms with E-state index in [0.717, 1.165) is 41.3 Å². The normalized spacial score (nSPS) is 23.2. The maximum atomic E-state index is 14.0. The lowest BCUT2D eigenvalue weighted by Crippen LogP contribution is -2.58. The van der Waals surface area contributed by atoms with E-state index in [4.69, 9.17) is 26.4 Å². The van der Waals surface area contributed by atoms with Crippen molar-refractivity contribution in [2.24, 2.45) is 11.8 Å². The first-order valence-corrected chi connectivity index (χ1v) is 15.4. The summed E-state index contributed by atoms with van der Waals surface area (Å²) in [6.07, 6.45) is 3.09. The number of imide groups is 1. The van der Waals surface area contributed by atoms with Gasteiger partial charge in [-0.2, -0.15) is 0 Å². The number of hydrogen-bond acceptors (Lipinski definition) is 11. The molecule has 1 saturated carbocycles. The highest BCUT2D eigenvalue weighted by atomic mass is 32.2. The number of esters is 2. The molecule has 1 aromatic rings. The van der Waals surface area contributed by atoms with Crippen LogP contribution in [0, 0.1) is 11.8 Å². The second-order valence-corrected chi connectivity index (χ2v) is 13.5. The third kappa shape index (κ3) is 4.84. The van der Waals surface area contributed by atoms with Gasteiger partial charge in [0.15, 0.2) is 0 Å². The van der Waals surface area contributed by atoms with Crippen molar-refractivity contribution in [1.82, 2.24) is 4.90 Å². The van der Waals surface area contributed by atoms with Crippen LogP contribution < -0.4 is 9.64 Å². The Morgan fingerprint density at radius 1 is 0.952 bits per heavy atom. The van der Waals surface area contributed by atoms with E-state index in [1.807, 2.05) is 0 Å². The van der Waals surface area contributed by atoms with E-state index in [1.165, 1.54) is 26.2 Å². The van der Waals surface area contributed by atoms with E-state index < -0.39 is 29.9 Å². The van der Waals surface area contributed by atoms with Crippen LogP contribution in [-0.4, -0.2) is 72.8 Å². The number of rotatable bonds is 5. The van der Waals surface area contributed by atoms with Gasteiger partial charge in [-0.25, -0.2) is 9.59 Å². The minimum atomic E-state index is -1.09. The van der Waals surface area contributed by atoms with E-state index >= 15 is 0 Å². The van der Waals surface area contributed by atoms with Crippen LogP contribution in [0.3, 0.4) is 0 Å². The fourth-order valence-electron chi connectivity index (χ4n) is 5.96. The largest absolute Gasteiger partial charge is 0.497 e. The molecule has 5 rings (SSSR count). The average Bonchev–Trinajstić information content (AvgIpc) is 3.52. The average molecular weight is 631 g/mol. The number of amides is 3. The molecular weight excluding hydrogens is 601 g/mol. The number of fused-ring (bicyclic) bond motifs is 2. The predicted octanol–water partition coefficient (Wildman–Crippen LogP) is 4.07. The van der Waals surface area contributed by atoms with Gasteiger partial charge in [0.1, 0.15) is 22.1 Å². The molecule has 0 radical (unpaired) electrons. The molecular formula is C29H30N2O8S3. The van der Waals surface area contributed by atoms with Crippen molar-refractivity contribution in [3.05, 3.63) is 37.8 Å². The molecule has 1 aromatic carbocycles. The van der Waals surface area contributed by atoms with Crippen LogP contribution in [0.5, 0.6) is 5.75 Å². The van der Waals surface area contributed by atoms with Gasteiger partial charge in [-0.1, -0.05) is 48.6 Å². The Morgan fingerprint density at radius 2 is 1.50 bits per heavy atom. The van der Waals surface area contributed by atoms with Crippen LogP contribution in [0.25, 0.3) is 5.57 Å². The Hall–Kier alpha value is -3.16. The summed E-state index contributed by atoms with van der Waals surface area (Å²) >= 11 is 8.11. The second-order valence-electron chi connectivity index (χ2n) is 10.8. The second kappa shape index (κ2) is 11.5. The minimum Gasteiger partial charge on any atom is -0.497 e. The molecule has 3 amide bonds. The van der Waals surface area contributed by atoms with Gasteiger partial charge in [0.05, 0.1) is 53.5 Å². The molecule has 13 heteroatoms. The topological polar surface area (TPSA) is 120 Å². The SMILES string of the molecule is COC(=O)C1=C(C(=O)OC)SC(=C2C(=S)C(C)(C)N(C(=O)CN3C(=O)[C@@H]4CCCC[C@H]4C3=O)c3ccc(OC)cc32)S1. The first-order valence-electron chi connectivity index (χ1n) is 13.4. The van der Waals surface area contributed by atoms with Crippen molar-refractivity contribution in [3.8, 4) is 5.75 Å². The molecule has 42 heavy (non-hydrogen) atoms. The van der Waals surface area contributed by atoms with Gasteiger partial charge in [-0.15, -0.1) is 0 Å². The molecule has 2 atom stereocenters. The monoisotopic (exact) mass is 630 g/mol. The number of hydrogen-bond donors (Lipinski definition) is 0. The predicted molar refractivity (Wildman–Crippen MR) is 162 cm³/mol. The number of nitrogens with zero attached hydrogens (tertiary/aromatic N) is 2. The van der Waals surface area contributed by atoms with Crippen molar-refractivity contribution in [3.63, 3.8) is 0 Å². The standard InChI is InChI=1S/C29H30N2O8S3/c1-29(2)23(40)20(28-41-21(26(35)38-4)22(42-28)27(36)39-5)17-12-14(37-3)10-11-18(17)31(29)19(32)13-30-24(33)15-8-6-7-9-16(15)25(30)34/h10-12,15-16H,6-9,13H2,1-5H3/t15-,16-/m1/s1. The van der Waals surface area contributed by atoms with Gasteiger partial charge in [-0.05, 0) is 44.9 Å². The highest BCUT2D eigenvalue weighted by molar-refractivity contribution is 8.29. The zero-order chi connectivity index (χ0) is 30.5. The summed E-state index contributed by atoms with van der Waals surface area (Å²) in [7, 11) is 3.96. The number of ether oxygens (including phenoxy) is 3. The molecule has 0 spiro atoms. The Labute approximate surface area is 257 Å². The summed E-state index contributed by atoms with van der Waals surface area (Å²) in [5.41, 5.74) is 0.508. The van der Waals surface area contributed by atoms with Crippen molar-refractivity contribution in [1.29, 1.82) is 0 Å². The van der Waals surface area contributed by atoms with Crippen molar-refractivity contribution < 1.29 is 38.2 Å². The van der Waals surface area contributed by atoms with Crippen LogP contribution in [0.4, 0.5) is 5.69 Å². The van der Waals surface area contributed by atoms with Crippen molar-refractivity contribution in [2.45, 2.75) is 45.1 Å². The van der Waals surface area contributed by atoms with Gasteiger partial charge in [0, 0.05) is 11.1 Å². The van der Waals surface area contributed by atoms with Crippen LogP contribution in [0.2, 0.25) is 0 Å². The molecule has 3 aliphatic heterocycles. The van der Waals surface area contributed by atoms with Crippen LogP contribution in [-0.2, 0) is 33.4 Å². The zero-order valence-electron chi connectivity index (χ0n) is 23.8. The Balaban J connectivity index is 1.58. The van der Waals surface area contributed by atoms with Crippen LogP contribution in [0.1, 0.15) is 45.1 Å². The first-order chi connectivity index (χ1) is 20.0. The van der Waals surface area contributed by atoms with Crippen LogP contribution in [0.15, 0.2) is 32.2 Å². The quantitative estimate of drug-likeness (QED) is 0.203. The summed E-state index contributed by atoms with van der Waals surface area (Å²) in [4.78, 5) is 68.7. The highest BCUT2D eigenvalue weighted by Crippen LogP contribution is 2.56. The van der Waals surface area contributed by atoms with Crippen LogP contribution >= 0.6 is 35.7 Å². The molecule has 10 nitrogen and oxygen atoms in total. The Bertz CT molecular complexity index is 1440. The lowest BCUT2D eigenvalue weighted by atomic mass is 9.81. The first kappa shape index (κ1) is 30.3. The van der Waals surface area contributed by atoms with Crippen molar-refractivity contribution in [2.75, 3.05) is 32.8 Å². The molecule has 2 fully saturated rings. The number of thioether (sulfide) groups is 2. The van der Waals surface area contributed by atoms with Crippen molar-refractivity contribution >= 4 is 81.5 Å². The smallest absolute Gasteiger partial charge is 0.346 e. The third-order valence-corrected chi connectivity index (χ3v) is 11.3. The van der Waals surface area contributed by atoms with E-state index in [2.05, 4.69) is 0 Å². The molecule has 0 unspecified atom stereocenters. The number of likely N-dealkylation sites (tertiary alicyclic amines) is 1. The highest BCUT2D eigenvalue weighted by Gasteiger charge is 2.51. The lowest BCUT2D eigenvalue weighted by molar-refractivity contribution is -0.143. The Kier molecular flexibility index (Phi) is 8.29. The zero-order valence-corrected chi connectivity index (χ0v) is 26.3. The number of benzene rings is 1. The summed E-state index contributed by atoms with van der Waals surface area (Å²) in [5, 5.41) is 0. The third-order valence-electron chi connectivity index (χ3n) is 8.07. The minimum absolute atomic E-state index is 0.0768. The maximum Gasteiger partial charge on any atom is 0.346 e. The van der Waals surface area contributed by atoms with Gasteiger partial charge >= 0.3 is 11.9 Å². The fraction of sp³-hybridized carbons (Fsp3) is 0.448. The fourth-order valence-corrected chi connectivity index (χ4v) is 9.00. The molecule has 222 valence electrons. The molecule has 4 aliphatic rings. The molecule has 0 N–H and O–H groups in total. The number of carbonyl (C=O) groups excluding carboxylic acids is 5. The van der Waals surface area contributed by atoms with E-state index in [9.17, 15) is 24.0 Å². The summed E-state index contributed by atoms with van der Waals surface area (Å²) < 4.78 is 15.8. The number of anilines is 1. The molecule has 0 aromatic heterocycles. The molecule has 3 heterocycles. The Morgan fingerprint density at radius 3 is 2.00 bits per heavy atom. The number of methoxy groups -OCH3 is 3. The summed E-state index contributed by atoms with van der Waals surface area (Å²) in [6.45, 7) is 3.18. The van der Waals surface area contributed by atoms with E-state index in [-0.39, 0.29) is 33.5 Å². The maximum absolute atomic E-state index is 14.0. The number of carbonyl (C=O) groups is 5. The molecule has 1 aliphatic carbocycles. The number of thiocarbonyl (C=S) groups is 1. The van der Waals surface area contributed by atoms with E-state index in [1.54, 1.807) is 32.0 Å².